The van der Waals surface area contributed by atoms with Crippen molar-refractivity contribution in [3.63, 3.8) is 0 Å². The number of thiazole rings is 1. The summed E-state index contributed by atoms with van der Waals surface area (Å²) in [5.41, 5.74) is 4.65. The van der Waals surface area contributed by atoms with E-state index >= 15 is 0 Å². The van der Waals surface area contributed by atoms with Crippen LogP contribution in [0.4, 0.5) is 11.4 Å². The minimum atomic E-state index is -0.204. The molecule has 2 N–H and O–H groups in total. The van der Waals surface area contributed by atoms with Crippen molar-refractivity contribution in [1.29, 1.82) is 0 Å². The van der Waals surface area contributed by atoms with Gasteiger partial charge in [-0.2, -0.15) is 11.3 Å². The molecule has 32 heavy (non-hydrogen) atoms. The van der Waals surface area contributed by atoms with Gasteiger partial charge in [0, 0.05) is 30.1 Å². The van der Waals surface area contributed by atoms with Gasteiger partial charge in [-0.05, 0) is 70.8 Å². The van der Waals surface area contributed by atoms with Crippen molar-refractivity contribution in [3.8, 4) is 0 Å². The highest BCUT2D eigenvalue weighted by Crippen LogP contribution is 2.31. The second-order valence-electron chi connectivity index (χ2n) is 7.02. The third kappa shape index (κ3) is 6.29. The number of thioether (sulfide) groups is 1. The number of thiophene rings is 1. The summed E-state index contributed by atoms with van der Waals surface area (Å²) in [5.74, 6) is 0.677. The van der Waals surface area contributed by atoms with Gasteiger partial charge in [0.15, 0.2) is 4.34 Å². The molecule has 0 saturated carbocycles. The number of nitrogens with zero attached hydrogens (tertiary/aromatic N) is 1. The summed E-state index contributed by atoms with van der Waals surface area (Å²) in [6, 6.07) is 15.2. The van der Waals surface area contributed by atoms with Crippen molar-refractivity contribution in [2.24, 2.45) is 0 Å². The molecule has 0 aliphatic rings. The smallest absolute Gasteiger partial charge is 0.248 e. The fraction of sp³-hybridized carbons (Fsp3) is 0.125. The Bertz CT molecular complexity index is 1250. The highest BCUT2D eigenvalue weighted by atomic mass is 32.2. The van der Waals surface area contributed by atoms with Crippen molar-refractivity contribution in [2.45, 2.75) is 17.7 Å². The van der Waals surface area contributed by atoms with E-state index in [1.54, 1.807) is 52.6 Å². The van der Waals surface area contributed by atoms with Crippen molar-refractivity contribution in [1.82, 2.24) is 4.98 Å². The number of nitrogens with one attached hydrogen (secondary N) is 2. The van der Waals surface area contributed by atoms with Gasteiger partial charge < -0.3 is 10.6 Å². The number of anilines is 2. The first-order valence-corrected chi connectivity index (χ1v) is 12.7. The molecular formula is C24H21N3O2S3. The van der Waals surface area contributed by atoms with Crippen molar-refractivity contribution >= 4 is 73.9 Å². The van der Waals surface area contributed by atoms with Gasteiger partial charge in [-0.15, -0.1) is 11.3 Å². The first-order valence-electron chi connectivity index (χ1n) is 9.96. The molecule has 8 heteroatoms. The molecular weight excluding hydrogens is 458 g/mol. The number of aromatic nitrogens is 1. The first kappa shape index (κ1) is 22.3. The van der Waals surface area contributed by atoms with Crippen LogP contribution in [0.25, 0.3) is 16.3 Å². The molecule has 0 unspecified atom stereocenters. The normalized spacial score (nSPS) is 11.2. The van der Waals surface area contributed by atoms with Crippen molar-refractivity contribution < 1.29 is 9.59 Å². The summed E-state index contributed by atoms with van der Waals surface area (Å²) in [4.78, 5) is 28.1. The van der Waals surface area contributed by atoms with E-state index in [1.807, 2.05) is 30.3 Å². The lowest BCUT2D eigenvalue weighted by molar-refractivity contribution is -0.114. The van der Waals surface area contributed by atoms with Crippen molar-refractivity contribution in [2.75, 3.05) is 16.4 Å². The Hall–Kier alpha value is -2.94. The fourth-order valence-corrected chi connectivity index (χ4v) is 5.84. The quantitative estimate of drug-likeness (QED) is 0.230. The van der Waals surface area contributed by atoms with E-state index in [4.69, 9.17) is 0 Å². The maximum atomic E-state index is 12.3. The Morgan fingerprint density at radius 1 is 1.06 bits per heavy atom. The predicted molar refractivity (Wildman–Crippen MR) is 137 cm³/mol. The summed E-state index contributed by atoms with van der Waals surface area (Å²) < 4.78 is 2.10. The van der Waals surface area contributed by atoms with Crippen LogP contribution in [0.5, 0.6) is 0 Å². The highest BCUT2D eigenvalue weighted by Gasteiger charge is 2.07. The number of carbonyl (C=O) groups excluding carboxylic acids is 2. The van der Waals surface area contributed by atoms with E-state index in [2.05, 4.69) is 32.4 Å². The molecule has 2 aromatic heterocycles. The molecule has 0 aliphatic heterocycles. The van der Waals surface area contributed by atoms with Crippen LogP contribution in [0.3, 0.4) is 0 Å². The molecule has 162 valence electrons. The Balaban J connectivity index is 1.33. The third-order valence-corrected chi connectivity index (χ3v) is 7.39. The predicted octanol–water partition coefficient (Wildman–Crippen LogP) is 6.30. The largest absolute Gasteiger partial charge is 0.326 e. The zero-order valence-electron chi connectivity index (χ0n) is 17.3. The number of rotatable bonds is 8. The Kier molecular flexibility index (Phi) is 7.36. The Labute approximate surface area is 198 Å². The maximum absolute atomic E-state index is 12.3. The molecule has 2 amide bonds. The zero-order chi connectivity index (χ0) is 22.3. The Morgan fingerprint density at radius 2 is 1.88 bits per heavy atom. The van der Waals surface area contributed by atoms with Gasteiger partial charge in [0.25, 0.3) is 0 Å². The molecule has 0 bridgehead atoms. The molecule has 0 atom stereocenters. The first-order chi connectivity index (χ1) is 15.5. The molecule has 4 rings (SSSR count). The summed E-state index contributed by atoms with van der Waals surface area (Å²) in [7, 11) is 0. The molecule has 0 radical (unpaired) electrons. The molecule has 4 aromatic rings. The van der Waals surface area contributed by atoms with Crippen LogP contribution < -0.4 is 10.6 Å². The van der Waals surface area contributed by atoms with E-state index in [9.17, 15) is 9.59 Å². The average Bonchev–Trinajstić information content (AvgIpc) is 3.42. The standard InChI is InChI=1S/C24H21N3O2S3/c1-16(28)25-19-5-2-17(3-6-19)4-9-23(29)26-20-7-8-21-22(14-20)32-24(27-21)31-13-11-18-10-12-30-15-18/h2-10,12,14-15H,11,13H2,1H3,(H,25,28)(H,26,29). The number of fused-ring (bicyclic) bond motifs is 1. The van der Waals surface area contributed by atoms with E-state index in [0.717, 1.165) is 43.7 Å². The minimum Gasteiger partial charge on any atom is -0.326 e. The van der Waals surface area contributed by atoms with Crippen LogP contribution >= 0.6 is 34.4 Å². The topological polar surface area (TPSA) is 71.1 Å². The molecule has 5 nitrogen and oxygen atoms in total. The second kappa shape index (κ2) is 10.6. The zero-order valence-corrected chi connectivity index (χ0v) is 19.8. The maximum Gasteiger partial charge on any atom is 0.248 e. The minimum absolute atomic E-state index is 0.116. The molecule has 2 aromatic carbocycles. The van der Waals surface area contributed by atoms with Gasteiger partial charge in [0.2, 0.25) is 11.8 Å². The number of aryl methyl sites for hydroxylation is 1. The van der Waals surface area contributed by atoms with Crippen LogP contribution in [0.1, 0.15) is 18.1 Å². The number of amides is 2. The Morgan fingerprint density at radius 3 is 2.62 bits per heavy atom. The lowest BCUT2D eigenvalue weighted by atomic mass is 10.2. The monoisotopic (exact) mass is 479 g/mol. The van der Waals surface area contributed by atoms with Gasteiger partial charge in [-0.25, -0.2) is 4.98 Å². The summed E-state index contributed by atoms with van der Waals surface area (Å²) in [5, 5.41) is 9.91. The number of carbonyl (C=O) groups is 2. The molecule has 0 spiro atoms. The van der Waals surface area contributed by atoms with Gasteiger partial charge in [0.1, 0.15) is 0 Å². The van der Waals surface area contributed by atoms with Crippen molar-refractivity contribution in [3.05, 3.63) is 76.5 Å². The highest BCUT2D eigenvalue weighted by molar-refractivity contribution is 8.01. The lowest BCUT2D eigenvalue weighted by Crippen LogP contribution is -2.07. The van der Waals surface area contributed by atoms with E-state index in [-0.39, 0.29) is 11.8 Å². The SMILES string of the molecule is CC(=O)Nc1ccc(C=CC(=O)Nc2ccc3nc(SCCc4ccsc4)sc3c2)cc1. The van der Waals surface area contributed by atoms with Gasteiger partial charge >= 0.3 is 0 Å². The summed E-state index contributed by atoms with van der Waals surface area (Å²) in [6.45, 7) is 1.47. The molecule has 2 heterocycles. The van der Waals surface area contributed by atoms with Crippen LogP contribution in [0, 0.1) is 0 Å². The van der Waals surface area contributed by atoms with Gasteiger partial charge in [0.05, 0.1) is 10.2 Å². The van der Waals surface area contributed by atoms with E-state index in [0.29, 0.717) is 0 Å². The van der Waals surface area contributed by atoms with Gasteiger partial charge in [-0.3, -0.25) is 9.59 Å². The summed E-state index contributed by atoms with van der Waals surface area (Å²) >= 11 is 5.14. The average molecular weight is 480 g/mol. The number of benzene rings is 2. The molecule has 0 saturated heterocycles. The number of hydrogen-bond acceptors (Lipinski definition) is 6. The fourth-order valence-electron chi connectivity index (χ4n) is 2.97. The van der Waals surface area contributed by atoms with Crippen LogP contribution in [-0.4, -0.2) is 22.6 Å². The van der Waals surface area contributed by atoms with E-state index < -0.39 is 0 Å². The third-order valence-electron chi connectivity index (χ3n) is 4.49. The van der Waals surface area contributed by atoms with Crippen LogP contribution in [0.2, 0.25) is 0 Å². The van der Waals surface area contributed by atoms with E-state index in [1.165, 1.54) is 18.6 Å². The number of hydrogen-bond donors (Lipinski definition) is 2. The second-order valence-corrected chi connectivity index (χ2v) is 10.2. The van der Waals surface area contributed by atoms with Crippen LogP contribution in [-0.2, 0) is 16.0 Å². The lowest BCUT2D eigenvalue weighted by Gasteiger charge is -2.03. The van der Waals surface area contributed by atoms with Crippen LogP contribution in [0.15, 0.2) is 69.7 Å². The summed E-state index contributed by atoms with van der Waals surface area (Å²) in [6.07, 6.45) is 4.27. The molecule has 0 fully saturated rings. The molecule has 0 aliphatic carbocycles. The van der Waals surface area contributed by atoms with Gasteiger partial charge in [-0.1, -0.05) is 23.9 Å².